The average molecular weight is 336 g/mol. The third-order valence-electron chi connectivity index (χ3n) is 3.50. The molecule has 0 aliphatic rings. The molecule has 0 spiro atoms. The minimum Gasteiger partial charge on any atom is -0.364 e. The van der Waals surface area contributed by atoms with Gasteiger partial charge in [0.05, 0.1) is 4.92 Å². The third-order valence-corrected chi connectivity index (χ3v) is 3.50. The monoisotopic (exact) mass is 336 g/mol. The van der Waals surface area contributed by atoms with Crippen molar-refractivity contribution in [3.63, 3.8) is 0 Å². The predicted molar refractivity (Wildman–Crippen MR) is 94.8 cm³/mol. The molecule has 0 saturated carbocycles. The fraction of sp³-hybridized carbons (Fsp3) is 0.118. The number of nitrogens with one attached hydrogen (secondary N) is 2. The highest BCUT2D eigenvalue weighted by Crippen LogP contribution is 2.30. The second-order valence-corrected chi connectivity index (χ2v) is 5.20. The Kier molecular flexibility index (Phi) is 5.10. The van der Waals surface area contributed by atoms with Crippen molar-refractivity contribution >= 4 is 23.0 Å². The zero-order valence-electron chi connectivity index (χ0n) is 13.3. The Morgan fingerprint density at radius 2 is 1.72 bits per heavy atom. The summed E-state index contributed by atoms with van der Waals surface area (Å²) in [5.74, 6) is 0.320. The molecule has 8 heteroatoms. The topological polar surface area (TPSA) is 106 Å². The number of nitro groups is 1. The number of hydrogen-bond donors (Lipinski definition) is 2. The molecule has 0 atom stereocenters. The molecule has 0 bridgehead atoms. The van der Waals surface area contributed by atoms with Crippen molar-refractivity contribution in [3.8, 4) is 0 Å². The van der Waals surface area contributed by atoms with E-state index in [9.17, 15) is 10.1 Å². The van der Waals surface area contributed by atoms with Gasteiger partial charge in [0.15, 0.2) is 0 Å². The highest BCUT2D eigenvalue weighted by Gasteiger charge is 2.22. The van der Waals surface area contributed by atoms with Gasteiger partial charge >= 0.3 is 5.69 Å². The van der Waals surface area contributed by atoms with Gasteiger partial charge in [-0.25, -0.2) is 9.97 Å². The maximum Gasteiger partial charge on any atom is 0.353 e. The number of aromatic nitrogens is 3. The molecular formula is C17H16N6O2. The number of anilines is 3. The quantitative estimate of drug-likeness (QED) is 0.504. The Labute approximate surface area is 144 Å². The van der Waals surface area contributed by atoms with Crippen LogP contribution in [0.5, 0.6) is 0 Å². The summed E-state index contributed by atoms with van der Waals surface area (Å²) in [6.07, 6.45) is 5.21. The Balaban J connectivity index is 1.77. The molecule has 2 N–H and O–H groups in total. The first kappa shape index (κ1) is 16.3. The van der Waals surface area contributed by atoms with E-state index in [1.165, 1.54) is 6.33 Å². The van der Waals surface area contributed by atoms with E-state index in [-0.39, 0.29) is 17.3 Å². The lowest BCUT2D eigenvalue weighted by atomic mass is 10.1. The molecule has 3 rings (SSSR count). The van der Waals surface area contributed by atoms with Crippen molar-refractivity contribution in [2.75, 3.05) is 17.2 Å². The zero-order chi connectivity index (χ0) is 17.5. The van der Waals surface area contributed by atoms with Crippen LogP contribution in [0.4, 0.5) is 23.0 Å². The minimum absolute atomic E-state index is 0.133. The molecule has 3 aromatic rings. The summed E-state index contributed by atoms with van der Waals surface area (Å²) in [7, 11) is 0. The van der Waals surface area contributed by atoms with Crippen LogP contribution in [0.1, 0.15) is 5.56 Å². The molecular weight excluding hydrogens is 320 g/mol. The SMILES string of the molecule is O=[N+]([O-])c1c(NCCc2ccccc2)ncnc1Nc1ccncc1. The summed E-state index contributed by atoms with van der Waals surface area (Å²) < 4.78 is 0. The first-order valence-electron chi connectivity index (χ1n) is 7.68. The van der Waals surface area contributed by atoms with Crippen LogP contribution in [0, 0.1) is 10.1 Å². The molecule has 8 nitrogen and oxygen atoms in total. The summed E-state index contributed by atoms with van der Waals surface area (Å²) >= 11 is 0. The van der Waals surface area contributed by atoms with Crippen molar-refractivity contribution in [2.45, 2.75) is 6.42 Å². The van der Waals surface area contributed by atoms with Crippen LogP contribution in [0.25, 0.3) is 0 Å². The van der Waals surface area contributed by atoms with Crippen LogP contribution in [-0.2, 0) is 6.42 Å². The first-order valence-corrected chi connectivity index (χ1v) is 7.68. The predicted octanol–water partition coefficient (Wildman–Crippen LogP) is 3.18. The molecule has 126 valence electrons. The molecule has 0 aliphatic heterocycles. The van der Waals surface area contributed by atoms with E-state index in [1.807, 2.05) is 30.3 Å². The second-order valence-electron chi connectivity index (χ2n) is 5.20. The number of benzene rings is 1. The lowest BCUT2D eigenvalue weighted by Crippen LogP contribution is -2.10. The second kappa shape index (κ2) is 7.82. The van der Waals surface area contributed by atoms with Gasteiger partial charge in [-0.2, -0.15) is 0 Å². The molecule has 25 heavy (non-hydrogen) atoms. The summed E-state index contributed by atoms with van der Waals surface area (Å²) in [5.41, 5.74) is 1.61. The highest BCUT2D eigenvalue weighted by molar-refractivity contribution is 5.73. The number of pyridine rings is 1. The van der Waals surface area contributed by atoms with Gasteiger partial charge in [-0.3, -0.25) is 15.1 Å². The van der Waals surface area contributed by atoms with Gasteiger partial charge in [0.25, 0.3) is 0 Å². The smallest absolute Gasteiger partial charge is 0.353 e. The fourth-order valence-electron chi connectivity index (χ4n) is 2.31. The van der Waals surface area contributed by atoms with Crippen LogP contribution in [-0.4, -0.2) is 26.4 Å². The van der Waals surface area contributed by atoms with E-state index < -0.39 is 4.92 Å². The Morgan fingerprint density at radius 3 is 2.44 bits per heavy atom. The van der Waals surface area contributed by atoms with Crippen LogP contribution in [0.15, 0.2) is 61.2 Å². The highest BCUT2D eigenvalue weighted by atomic mass is 16.6. The molecule has 0 aliphatic carbocycles. The Bertz CT molecular complexity index is 842. The molecule has 0 fully saturated rings. The number of hydrogen-bond acceptors (Lipinski definition) is 7. The van der Waals surface area contributed by atoms with Crippen molar-refractivity contribution < 1.29 is 4.92 Å². The summed E-state index contributed by atoms with van der Waals surface area (Å²) in [6.45, 7) is 0.524. The standard InChI is InChI=1S/C17H16N6O2/c24-23(25)15-16(19-11-6-13-4-2-1-3-5-13)20-12-21-17(15)22-14-7-9-18-10-8-14/h1-5,7-10,12H,6,11H2,(H2,18,19,20,21,22). The Hall–Kier alpha value is -3.55. The maximum atomic E-state index is 11.5. The van der Waals surface area contributed by atoms with E-state index in [4.69, 9.17) is 0 Å². The van der Waals surface area contributed by atoms with E-state index in [1.54, 1.807) is 24.5 Å². The largest absolute Gasteiger partial charge is 0.364 e. The normalized spacial score (nSPS) is 10.2. The number of nitrogens with zero attached hydrogens (tertiary/aromatic N) is 4. The van der Waals surface area contributed by atoms with E-state index in [0.29, 0.717) is 12.2 Å². The van der Waals surface area contributed by atoms with E-state index >= 15 is 0 Å². The third kappa shape index (κ3) is 4.25. The van der Waals surface area contributed by atoms with Gasteiger partial charge in [-0.15, -0.1) is 0 Å². The van der Waals surface area contributed by atoms with Gasteiger partial charge in [0.1, 0.15) is 6.33 Å². The molecule has 0 radical (unpaired) electrons. The van der Waals surface area contributed by atoms with Crippen molar-refractivity contribution in [2.24, 2.45) is 0 Å². The zero-order valence-corrected chi connectivity index (χ0v) is 13.3. The van der Waals surface area contributed by atoms with Crippen LogP contribution in [0.2, 0.25) is 0 Å². The van der Waals surface area contributed by atoms with Crippen LogP contribution >= 0.6 is 0 Å². The summed E-state index contributed by atoms with van der Waals surface area (Å²) in [5, 5.41) is 17.5. The van der Waals surface area contributed by atoms with Gasteiger partial charge in [-0.1, -0.05) is 30.3 Å². The van der Waals surface area contributed by atoms with E-state index in [0.717, 1.165) is 12.0 Å². The fourth-order valence-corrected chi connectivity index (χ4v) is 2.31. The molecule has 0 unspecified atom stereocenters. The first-order chi connectivity index (χ1) is 12.2. The van der Waals surface area contributed by atoms with Crippen molar-refractivity contribution in [3.05, 3.63) is 76.9 Å². The van der Waals surface area contributed by atoms with E-state index in [2.05, 4.69) is 25.6 Å². The van der Waals surface area contributed by atoms with Gasteiger partial charge in [0, 0.05) is 24.6 Å². The minimum atomic E-state index is -0.492. The maximum absolute atomic E-state index is 11.5. The Morgan fingerprint density at radius 1 is 1.00 bits per heavy atom. The molecule has 0 amide bonds. The molecule has 1 aromatic carbocycles. The number of rotatable bonds is 7. The van der Waals surface area contributed by atoms with Gasteiger partial charge < -0.3 is 10.6 Å². The summed E-state index contributed by atoms with van der Waals surface area (Å²) in [4.78, 5) is 22.9. The lowest BCUT2D eigenvalue weighted by Gasteiger charge is -2.10. The average Bonchev–Trinajstić information content (AvgIpc) is 2.63. The summed E-state index contributed by atoms with van der Waals surface area (Å²) in [6, 6.07) is 13.3. The van der Waals surface area contributed by atoms with Crippen molar-refractivity contribution in [1.82, 2.24) is 15.0 Å². The van der Waals surface area contributed by atoms with Crippen LogP contribution < -0.4 is 10.6 Å². The van der Waals surface area contributed by atoms with Crippen LogP contribution in [0.3, 0.4) is 0 Å². The molecule has 2 heterocycles. The lowest BCUT2D eigenvalue weighted by molar-refractivity contribution is -0.383. The van der Waals surface area contributed by atoms with Gasteiger partial charge in [-0.05, 0) is 24.1 Å². The molecule has 0 saturated heterocycles. The van der Waals surface area contributed by atoms with Crippen molar-refractivity contribution in [1.29, 1.82) is 0 Å². The van der Waals surface area contributed by atoms with Gasteiger partial charge in [0.2, 0.25) is 11.6 Å². The molecule has 2 aromatic heterocycles.